The van der Waals surface area contributed by atoms with Crippen molar-refractivity contribution in [1.82, 2.24) is 9.88 Å². The molecule has 41 heavy (non-hydrogen) atoms. The van der Waals surface area contributed by atoms with Crippen LogP contribution in [0.2, 0.25) is 10.0 Å². The van der Waals surface area contributed by atoms with Crippen LogP contribution in [0.5, 0.6) is 11.6 Å². The minimum absolute atomic E-state index is 0.191. The number of carbonyl (C=O) groups is 1. The van der Waals surface area contributed by atoms with Gasteiger partial charge in [-0.25, -0.2) is 4.98 Å². The van der Waals surface area contributed by atoms with E-state index in [1.807, 2.05) is 72.8 Å². The Kier molecular flexibility index (Phi) is 10.2. The molecule has 9 heteroatoms. The normalized spacial score (nSPS) is 13.8. The van der Waals surface area contributed by atoms with Crippen molar-refractivity contribution in [1.29, 1.82) is 0 Å². The van der Waals surface area contributed by atoms with Gasteiger partial charge in [0.15, 0.2) is 0 Å². The summed E-state index contributed by atoms with van der Waals surface area (Å²) >= 11 is 12.6. The average Bonchev–Trinajstić information content (AvgIpc) is 2.99. The molecule has 0 N–H and O–H groups in total. The quantitative estimate of drug-likeness (QED) is 0.103. The maximum absolute atomic E-state index is 12.0. The fraction of sp³-hybridized carbons (Fsp3) is 0.312. The lowest BCUT2D eigenvalue weighted by Gasteiger charge is -2.36. The molecule has 5 rings (SSSR count). The van der Waals surface area contributed by atoms with Gasteiger partial charge in [0, 0.05) is 43.7 Å². The van der Waals surface area contributed by atoms with Crippen LogP contribution in [0.3, 0.4) is 0 Å². The average molecular weight is 595 g/mol. The van der Waals surface area contributed by atoms with E-state index in [1.165, 1.54) is 0 Å². The number of hydrogen-bond acceptors (Lipinski definition) is 7. The lowest BCUT2D eigenvalue weighted by atomic mass is 10.2. The minimum atomic E-state index is -0.350. The molecular weight excluding hydrogens is 561 g/mol. The summed E-state index contributed by atoms with van der Waals surface area (Å²) in [4.78, 5) is 21.4. The second-order valence-corrected chi connectivity index (χ2v) is 10.7. The molecule has 0 radical (unpaired) electrons. The number of halogens is 2. The first-order chi connectivity index (χ1) is 20.0. The Balaban J connectivity index is 1.01. The number of esters is 1. The number of ether oxygens (including phenoxy) is 3. The number of anilines is 1. The van der Waals surface area contributed by atoms with E-state index in [0.717, 1.165) is 73.5 Å². The number of hydrogen-bond donors (Lipinski definition) is 0. The van der Waals surface area contributed by atoms with Gasteiger partial charge in [0.1, 0.15) is 5.75 Å². The first kappa shape index (κ1) is 29.0. The summed E-state index contributed by atoms with van der Waals surface area (Å²) in [5.74, 6) is 0.806. The van der Waals surface area contributed by atoms with Crippen molar-refractivity contribution in [2.24, 2.45) is 0 Å². The molecule has 0 saturated carbocycles. The van der Waals surface area contributed by atoms with Crippen LogP contribution in [0.1, 0.15) is 18.4 Å². The SMILES string of the molecule is O=C(Cc1ccccc1)OCOc1ccc2ccc(OCCCCN3CCN(c4cccc(Cl)c4Cl)CC3)cc2n1. The number of fused-ring (bicyclic) bond motifs is 1. The van der Waals surface area contributed by atoms with Crippen LogP contribution in [0.25, 0.3) is 10.9 Å². The maximum atomic E-state index is 12.0. The number of carbonyl (C=O) groups excluding carboxylic acids is 1. The van der Waals surface area contributed by atoms with Crippen molar-refractivity contribution in [2.75, 3.05) is 51.0 Å². The van der Waals surface area contributed by atoms with Gasteiger partial charge < -0.3 is 19.1 Å². The summed E-state index contributed by atoms with van der Waals surface area (Å²) in [6.45, 7) is 5.34. The molecule has 0 amide bonds. The molecular formula is C32H33Cl2N3O4. The highest BCUT2D eigenvalue weighted by Gasteiger charge is 2.19. The number of nitrogens with zero attached hydrogens (tertiary/aromatic N) is 3. The Labute approximate surface area is 250 Å². The molecule has 214 valence electrons. The number of aromatic nitrogens is 1. The van der Waals surface area contributed by atoms with Gasteiger partial charge in [-0.15, -0.1) is 0 Å². The molecule has 1 aliphatic heterocycles. The summed E-state index contributed by atoms with van der Waals surface area (Å²) in [7, 11) is 0. The van der Waals surface area contributed by atoms with Gasteiger partial charge >= 0.3 is 5.97 Å². The molecule has 0 atom stereocenters. The van der Waals surface area contributed by atoms with Crippen molar-refractivity contribution >= 4 is 45.8 Å². The van der Waals surface area contributed by atoms with E-state index in [9.17, 15) is 4.79 Å². The molecule has 1 fully saturated rings. The van der Waals surface area contributed by atoms with Crippen LogP contribution in [-0.4, -0.2) is 62.0 Å². The Morgan fingerprint density at radius 1 is 0.854 bits per heavy atom. The van der Waals surface area contributed by atoms with Crippen LogP contribution in [-0.2, 0) is 16.0 Å². The zero-order valence-electron chi connectivity index (χ0n) is 22.8. The summed E-state index contributed by atoms with van der Waals surface area (Å²) in [5, 5.41) is 2.21. The summed E-state index contributed by atoms with van der Waals surface area (Å²) < 4.78 is 16.8. The largest absolute Gasteiger partial charge is 0.494 e. The zero-order chi connectivity index (χ0) is 28.4. The highest BCUT2D eigenvalue weighted by Crippen LogP contribution is 2.33. The highest BCUT2D eigenvalue weighted by atomic mass is 35.5. The number of unbranched alkanes of at least 4 members (excludes halogenated alkanes) is 1. The predicted octanol–water partition coefficient (Wildman–Crippen LogP) is 6.65. The summed E-state index contributed by atoms with van der Waals surface area (Å²) in [6.07, 6.45) is 2.22. The van der Waals surface area contributed by atoms with Gasteiger partial charge in [0.05, 0.1) is 34.3 Å². The van der Waals surface area contributed by atoms with Gasteiger partial charge in [-0.1, -0.05) is 59.6 Å². The molecule has 3 aromatic carbocycles. The van der Waals surface area contributed by atoms with E-state index in [4.69, 9.17) is 37.4 Å². The molecule has 1 aromatic heterocycles. The zero-order valence-corrected chi connectivity index (χ0v) is 24.3. The molecule has 1 saturated heterocycles. The van der Waals surface area contributed by atoms with E-state index in [2.05, 4.69) is 14.8 Å². The van der Waals surface area contributed by atoms with Crippen molar-refractivity contribution in [3.8, 4) is 11.6 Å². The standard InChI is InChI=1S/C32H33Cl2N3O4/c33-27-9-6-10-29(32(27)34)37-18-16-36(17-19-37)15-4-5-20-39-26-13-11-25-12-14-30(35-28(25)22-26)40-23-41-31(38)21-24-7-2-1-3-8-24/h1-3,6-14,22H,4-5,15-21,23H2. The van der Waals surface area contributed by atoms with E-state index in [0.29, 0.717) is 22.5 Å². The van der Waals surface area contributed by atoms with Crippen molar-refractivity contribution in [3.05, 3.63) is 94.5 Å². The van der Waals surface area contributed by atoms with Crippen molar-refractivity contribution in [3.63, 3.8) is 0 Å². The molecule has 0 spiro atoms. The van der Waals surface area contributed by atoms with Gasteiger partial charge in [0.25, 0.3) is 0 Å². The van der Waals surface area contributed by atoms with Crippen LogP contribution in [0.15, 0.2) is 78.9 Å². The smallest absolute Gasteiger partial charge is 0.313 e. The van der Waals surface area contributed by atoms with E-state index < -0.39 is 0 Å². The Bertz CT molecular complexity index is 1450. The molecule has 4 aromatic rings. The number of pyridine rings is 1. The fourth-order valence-corrected chi connectivity index (χ4v) is 5.21. The van der Waals surface area contributed by atoms with E-state index in [-0.39, 0.29) is 19.2 Å². The number of piperazine rings is 1. The third-order valence-electron chi connectivity index (χ3n) is 7.04. The number of benzene rings is 3. The molecule has 0 aliphatic carbocycles. The number of rotatable bonds is 12. The summed E-state index contributed by atoms with van der Waals surface area (Å²) in [6, 6.07) is 24.8. The Morgan fingerprint density at radius 3 is 2.49 bits per heavy atom. The van der Waals surface area contributed by atoms with Gasteiger partial charge in [-0.3, -0.25) is 9.69 Å². The third-order valence-corrected chi connectivity index (χ3v) is 7.85. The second kappa shape index (κ2) is 14.4. The topological polar surface area (TPSA) is 64.1 Å². The van der Waals surface area contributed by atoms with Crippen LogP contribution < -0.4 is 14.4 Å². The highest BCUT2D eigenvalue weighted by molar-refractivity contribution is 6.43. The van der Waals surface area contributed by atoms with Gasteiger partial charge in [0.2, 0.25) is 12.7 Å². The van der Waals surface area contributed by atoms with Crippen molar-refractivity contribution in [2.45, 2.75) is 19.3 Å². The lowest BCUT2D eigenvalue weighted by molar-refractivity contribution is -0.149. The predicted molar refractivity (Wildman–Crippen MR) is 163 cm³/mol. The minimum Gasteiger partial charge on any atom is -0.494 e. The van der Waals surface area contributed by atoms with Crippen LogP contribution in [0.4, 0.5) is 5.69 Å². The van der Waals surface area contributed by atoms with Crippen molar-refractivity contribution < 1.29 is 19.0 Å². The molecule has 0 unspecified atom stereocenters. The lowest BCUT2D eigenvalue weighted by Crippen LogP contribution is -2.46. The van der Waals surface area contributed by atoms with Crippen LogP contribution in [0, 0.1) is 0 Å². The molecule has 0 bridgehead atoms. The summed E-state index contributed by atoms with van der Waals surface area (Å²) in [5.41, 5.74) is 2.67. The second-order valence-electron chi connectivity index (χ2n) is 9.90. The van der Waals surface area contributed by atoms with E-state index >= 15 is 0 Å². The fourth-order valence-electron chi connectivity index (χ4n) is 4.79. The first-order valence-electron chi connectivity index (χ1n) is 13.8. The first-order valence-corrected chi connectivity index (χ1v) is 14.6. The Morgan fingerprint density at radius 2 is 1.66 bits per heavy atom. The van der Waals surface area contributed by atoms with Gasteiger partial charge in [-0.2, -0.15) is 0 Å². The molecule has 7 nitrogen and oxygen atoms in total. The molecule has 1 aliphatic rings. The monoisotopic (exact) mass is 593 g/mol. The van der Waals surface area contributed by atoms with Crippen LogP contribution >= 0.6 is 23.2 Å². The molecule has 2 heterocycles. The Hall–Kier alpha value is -3.52. The maximum Gasteiger partial charge on any atom is 0.313 e. The van der Waals surface area contributed by atoms with E-state index in [1.54, 1.807) is 6.07 Å². The third kappa shape index (κ3) is 8.26. The van der Waals surface area contributed by atoms with Gasteiger partial charge in [-0.05, 0) is 55.3 Å².